The lowest BCUT2D eigenvalue weighted by Crippen LogP contribution is -2.40. The van der Waals surface area contributed by atoms with Crippen LogP contribution in [0.5, 0.6) is 0 Å². The fourth-order valence-corrected chi connectivity index (χ4v) is 2.43. The Morgan fingerprint density at radius 1 is 1.47 bits per heavy atom. The van der Waals surface area contributed by atoms with Gasteiger partial charge in [-0.1, -0.05) is 13.8 Å². The normalized spacial score (nSPS) is 26.7. The Kier molecular flexibility index (Phi) is 4.20. The molecule has 0 bridgehead atoms. The molecule has 0 aromatic heterocycles. The first-order valence-electron chi connectivity index (χ1n) is 6.35. The lowest BCUT2D eigenvalue weighted by atomic mass is 9.76. The molecule has 0 aromatic rings. The molecular formula is C13H25NO3. The van der Waals surface area contributed by atoms with Crippen LogP contribution < -0.4 is 0 Å². The number of aliphatic hydroxyl groups is 1. The van der Waals surface area contributed by atoms with Gasteiger partial charge in [-0.3, -0.25) is 4.79 Å². The summed E-state index contributed by atoms with van der Waals surface area (Å²) >= 11 is 0. The predicted molar refractivity (Wildman–Crippen MR) is 66.9 cm³/mol. The van der Waals surface area contributed by atoms with E-state index in [-0.39, 0.29) is 5.92 Å². The van der Waals surface area contributed by atoms with Crippen molar-refractivity contribution in [1.29, 1.82) is 0 Å². The topological polar surface area (TPSA) is 60.8 Å². The van der Waals surface area contributed by atoms with Crippen molar-refractivity contribution in [1.82, 2.24) is 4.90 Å². The molecule has 4 nitrogen and oxygen atoms in total. The summed E-state index contributed by atoms with van der Waals surface area (Å²) in [6.07, 6.45) is 1.40. The lowest BCUT2D eigenvalue weighted by molar-refractivity contribution is -0.151. The van der Waals surface area contributed by atoms with Crippen LogP contribution in [0.2, 0.25) is 0 Å². The molecule has 0 spiro atoms. The largest absolute Gasteiger partial charge is 0.481 e. The quantitative estimate of drug-likeness (QED) is 0.769. The number of hydrogen-bond donors (Lipinski definition) is 2. The van der Waals surface area contributed by atoms with Gasteiger partial charge in [0.25, 0.3) is 0 Å². The average Bonchev–Trinajstić information content (AvgIpc) is 2.58. The first kappa shape index (κ1) is 14.5. The number of carboxylic acids is 1. The first-order chi connectivity index (χ1) is 7.67. The van der Waals surface area contributed by atoms with Gasteiger partial charge in [0.05, 0.1) is 11.0 Å². The van der Waals surface area contributed by atoms with E-state index in [2.05, 4.69) is 4.90 Å². The van der Waals surface area contributed by atoms with E-state index in [0.717, 1.165) is 13.1 Å². The smallest absolute Gasteiger partial charge is 0.311 e. The molecule has 1 aliphatic heterocycles. The van der Waals surface area contributed by atoms with Crippen molar-refractivity contribution in [2.24, 2.45) is 11.3 Å². The number of likely N-dealkylation sites (tertiary alicyclic amines) is 1. The molecule has 1 atom stereocenters. The monoisotopic (exact) mass is 243 g/mol. The second-order valence-electron chi connectivity index (χ2n) is 6.20. The Hall–Kier alpha value is -0.610. The first-order valence-corrected chi connectivity index (χ1v) is 6.35. The zero-order valence-corrected chi connectivity index (χ0v) is 11.4. The van der Waals surface area contributed by atoms with Gasteiger partial charge in [0.1, 0.15) is 0 Å². The number of rotatable bonds is 5. The van der Waals surface area contributed by atoms with E-state index in [0.29, 0.717) is 19.4 Å². The van der Waals surface area contributed by atoms with Gasteiger partial charge in [-0.2, -0.15) is 0 Å². The Morgan fingerprint density at radius 2 is 2.06 bits per heavy atom. The van der Waals surface area contributed by atoms with Gasteiger partial charge >= 0.3 is 5.97 Å². The average molecular weight is 243 g/mol. The van der Waals surface area contributed by atoms with Gasteiger partial charge in [-0.05, 0) is 39.2 Å². The number of carbonyl (C=O) groups is 1. The van der Waals surface area contributed by atoms with Crippen molar-refractivity contribution in [2.75, 3.05) is 19.6 Å². The number of hydrogen-bond acceptors (Lipinski definition) is 3. The van der Waals surface area contributed by atoms with Crippen LogP contribution in [0.25, 0.3) is 0 Å². The van der Waals surface area contributed by atoms with Crippen molar-refractivity contribution in [2.45, 2.75) is 46.1 Å². The van der Waals surface area contributed by atoms with E-state index in [1.807, 2.05) is 13.8 Å². The second-order valence-corrected chi connectivity index (χ2v) is 6.20. The van der Waals surface area contributed by atoms with Crippen molar-refractivity contribution in [3.8, 4) is 0 Å². The van der Waals surface area contributed by atoms with Gasteiger partial charge in [0, 0.05) is 13.1 Å². The number of carboxylic acid groups (broad SMARTS) is 1. The molecule has 0 saturated carbocycles. The van der Waals surface area contributed by atoms with Crippen LogP contribution in [-0.4, -0.2) is 46.3 Å². The van der Waals surface area contributed by atoms with Crippen LogP contribution in [0.4, 0.5) is 0 Å². The SMILES string of the molecule is CC(C)C1(C(=O)O)CCN(CCC(C)(C)O)C1. The Morgan fingerprint density at radius 3 is 2.41 bits per heavy atom. The summed E-state index contributed by atoms with van der Waals surface area (Å²) in [5.41, 5.74) is -1.27. The van der Waals surface area contributed by atoms with Crippen molar-refractivity contribution in [3.63, 3.8) is 0 Å². The highest BCUT2D eigenvalue weighted by molar-refractivity contribution is 5.75. The summed E-state index contributed by atoms with van der Waals surface area (Å²) in [4.78, 5) is 13.6. The molecule has 100 valence electrons. The highest BCUT2D eigenvalue weighted by Crippen LogP contribution is 2.38. The zero-order chi connectivity index (χ0) is 13.3. The van der Waals surface area contributed by atoms with Crippen LogP contribution in [0.15, 0.2) is 0 Å². The fourth-order valence-electron chi connectivity index (χ4n) is 2.43. The summed E-state index contributed by atoms with van der Waals surface area (Å²) < 4.78 is 0. The van der Waals surface area contributed by atoms with Crippen LogP contribution in [0.1, 0.15) is 40.5 Å². The van der Waals surface area contributed by atoms with Gasteiger partial charge in [0.2, 0.25) is 0 Å². The van der Waals surface area contributed by atoms with Crippen LogP contribution in [-0.2, 0) is 4.79 Å². The summed E-state index contributed by atoms with van der Waals surface area (Å²) in [7, 11) is 0. The molecule has 1 unspecified atom stereocenters. The van der Waals surface area contributed by atoms with Gasteiger partial charge in [0.15, 0.2) is 0 Å². The molecule has 1 fully saturated rings. The molecule has 17 heavy (non-hydrogen) atoms. The molecule has 2 N–H and O–H groups in total. The Balaban J connectivity index is 2.59. The van der Waals surface area contributed by atoms with Crippen LogP contribution in [0.3, 0.4) is 0 Å². The maximum absolute atomic E-state index is 11.4. The minimum atomic E-state index is -0.682. The van der Waals surface area contributed by atoms with E-state index in [1.54, 1.807) is 13.8 Å². The lowest BCUT2D eigenvalue weighted by Gasteiger charge is -2.29. The van der Waals surface area contributed by atoms with Crippen LogP contribution in [0, 0.1) is 11.3 Å². The molecular weight excluding hydrogens is 218 g/mol. The third kappa shape index (κ3) is 3.42. The summed E-state index contributed by atoms with van der Waals surface area (Å²) in [6.45, 7) is 9.73. The van der Waals surface area contributed by atoms with E-state index >= 15 is 0 Å². The summed E-state index contributed by atoms with van der Waals surface area (Å²) in [6, 6.07) is 0. The van der Waals surface area contributed by atoms with E-state index in [1.165, 1.54) is 0 Å². The minimum absolute atomic E-state index is 0.145. The predicted octanol–water partition coefficient (Wildman–Crippen LogP) is 1.58. The third-order valence-electron chi connectivity index (χ3n) is 3.95. The maximum Gasteiger partial charge on any atom is 0.311 e. The van der Waals surface area contributed by atoms with Crippen LogP contribution >= 0.6 is 0 Å². The number of aliphatic carboxylic acids is 1. The van der Waals surface area contributed by atoms with Crippen molar-refractivity contribution in [3.05, 3.63) is 0 Å². The second kappa shape index (κ2) is 4.94. The van der Waals surface area contributed by atoms with E-state index in [9.17, 15) is 15.0 Å². The molecule has 1 saturated heterocycles. The third-order valence-corrected chi connectivity index (χ3v) is 3.95. The molecule has 1 heterocycles. The van der Waals surface area contributed by atoms with Gasteiger partial charge < -0.3 is 15.1 Å². The Labute approximate surface area is 104 Å². The standard InChI is InChI=1S/C13H25NO3/c1-10(2)13(11(15)16)6-8-14(9-13)7-5-12(3,4)17/h10,17H,5-9H2,1-4H3,(H,15,16). The molecule has 0 aliphatic carbocycles. The summed E-state index contributed by atoms with van der Waals surface area (Å²) in [5, 5.41) is 19.1. The molecule has 0 aromatic carbocycles. The van der Waals surface area contributed by atoms with E-state index in [4.69, 9.17) is 0 Å². The maximum atomic E-state index is 11.4. The van der Waals surface area contributed by atoms with Crippen molar-refractivity contribution < 1.29 is 15.0 Å². The summed E-state index contributed by atoms with van der Waals surface area (Å²) in [5.74, 6) is -0.537. The highest BCUT2D eigenvalue weighted by Gasteiger charge is 2.47. The number of nitrogens with zero attached hydrogens (tertiary/aromatic N) is 1. The highest BCUT2D eigenvalue weighted by atomic mass is 16.4. The van der Waals surface area contributed by atoms with E-state index < -0.39 is 17.0 Å². The zero-order valence-electron chi connectivity index (χ0n) is 11.4. The molecule has 0 amide bonds. The van der Waals surface area contributed by atoms with Crippen molar-refractivity contribution >= 4 is 5.97 Å². The Bertz CT molecular complexity index is 283. The minimum Gasteiger partial charge on any atom is -0.481 e. The molecule has 1 rings (SSSR count). The van der Waals surface area contributed by atoms with Gasteiger partial charge in [-0.25, -0.2) is 0 Å². The molecule has 4 heteroatoms. The fraction of sp³-hybridized carbons (Fsp3) is 0.923. The molecule has 0 radical (unpaired) electrons. The van der Waals surface area contributed by atoms with Gasteiger partial charge in [-0.15, -0.1) is 0 Å². The molecule has 1 aliphatic rings.